The average Bonchev–Trinajstić information content (AvgIpc) is 2.73. The number of sulfonamides is 1. The number of hydrogen-bond donors (Lipinski definition) is 0. The van der Waals surface area contributed by atoms with Gasteiger partial charge >= 0.3 is 0 Å². The molecule has 3 aromatic carbocycles. The molecule has 0 aliphatic carbocycles. The fraction of sp³-hybridized carbons (Fsp3) is 0.136. The van der Waals surface area contributed by atoms with Gasteiger partial charge in [0.25, 0.3) is 15.9 Å². The van der Waals surface area contributed by atoms with Crippen molar-refractivity contribution in [2.45, 2.75) is 11.8 Å². The highest BCUT2D eigenvalue weighted by Gasteiger charge is 2.31. The normalized spacial score (nSPS) is 11.0. The van der Waals surface area contributed by atoms with Crippen molar-refractivity contribution in [3.05, 3.63) is 84.4 Å². The second-order valence-electron chi connectivity index (χ2n) is 6.28. The van der Waals surface area contributed by atoms with Crippen molar-refractivity contribution >= 4 is 21.6 Å². The van der Waals surface area contributed by atoms with E-state index in [4.69, 9.17) is 9.47 Å². The van der Waals surface area contributed by atoms with Crippen molar-refractivity contribution in [3.8, 4) is 11.5 Å². The molecule has 6 nitrogen and oxygen atoms in total. The fourth-order valence-corrected chi connectivity index (χ4v) is 4.17. The van der Waals surface area contributed by atoms with E-state index >= 15 is 0 Å². The molecule has 3 rings (SSSR count). The lowest BCUT2D eigenvalue weighted by atomic mass is 10.2. The number of aryl methyl sites for hydroxylation is 1. The fourth-order valence-electron chi connectivity index (χ4n) is 2.74. The Bertz CT molecular complexity index is 1080. The highest BCUT2D eigenvalue weighted by molar-refractivity contribution is 7.93. The number of nitrogens with zero attached hydrogens (tertiary/aromatic N) is 1. The van der Waals surface area contributed by atoms with Gasteiger partial charge in [-0.25, -0.2) is 8.42 Å². The summed E-state index contributed by atoms with van der Waals surface area (Å²) in [6.07, 6.45) is 0. The van der Waals surface area contributed by atoms with Gasteiger partial charge in [-0.15, -0.1) is 0 Å². The molecule has 0 aromatic heterocycles. The van der Waals surface area contributed by atoms with E-state index in [1.807, 2.05) is 13.0 Å². The van der Waals surface area contributed by atoms with Crippen molar-refractivity contribution in [2.75, 3.05) is 18.0 Å². The van der Waals surface area contributed by atoms with E-state index in [0.29, 0.717) is 11.5 Å². The van der Waals surface area contributed by atoms with Gasteiger partial charge in [0.05, 0.1) is 17.7 Å². The molecule has 0 saturated carbocycles. The zero-order chi connectivity index (χ0) is 20.9. The largest absolute Gasteiger partial charge is 0.497 e. The molecule has 0 aliphatic rings. The molecule has 7 heteroatoms. The topological polar surface area (TPSA) is 72.9 Å². The third-order valence-corrected chi connectivity index (χ3v) is 5.93. The van der Waals surface area contributed by atoms with Crippen LogP contribution in [-0.4, -0.2) is 28.0 Å². The maximum atomic E-state index is 13.2. The second kappa shape index (κ2) is 8.79. The van der Waals surface area contributed by atoms with E-state index in [-0.39, 0.29) is 10.6 Å². The molecule has 0 fully saturated rings. The lowest BCUT2D eigenvalue weighted by Gasteiger charge is -2.23. The number of hydrogen-bond acceptors (Lipinski definition) is 5. The average molecular weight is 411 g/mol. The predicted octanol–water partition coefficient (Wildman–Crippen LogP) is 3.80. The van der Waals surface area contributed by atoms with Crippen molar-refractivity contribution in [3.63, 3.8) is 0 Å². The molecular formula is C22H21NO5S. The lowest BCUT2D eigenvalue weighted by Crippen LogP contribution is -2.40. The van der Waals surface area contributed by atoms with Crippen LogP contribution in [0.15, 0.2) is 83.8 Å². The Kier molecular flexibility index (Phi) is 6.19. The summed E-state index contributed by atoms with van der Waals surface area (Å²) in [4.78, 5) is 13.0. The van der Waals surface area contributed by atoms with E-state index in [2.05, 4.69) is 0 Å². The third kappa shape index (κ3) is 4.75. The Morgan fingerprint density at radius 1 is 0.897 bits per heavy atom. The quantitative estimate of drug-likeness (QED) is 0.591. The minimum absolute atomic E-state index is 0.0136. The molecule has 150 valence electrons. The first-order valence-electron chi connectivity index (χ1n) is 8.88. The minimum atomic E-state index is -4.12. The van der Waals surface area contributed by atoms with Crippen LogP contribution in [-0.2, 0) is 14.8 Å². The molecular weight excluding hydrogens is 390 g/mol. The van der Waals surface area contributed by atoms with E-state index in [1.165, 1.54) is 31.4 Å². The highest BCUT2D eigenvalue weighted by Crippen LogP contribution is 2.26. The molecule has 0 spiro atoms. The van der Waals surface area contributed by atoms with Gasteiger partial charge in [0.2, 0.25) is 0 Å². The third-order valence-electron chi connectivity index (χ3n) is 4.17. The van der Waals surface area contributed by atoms with Crippen LogP contribution in [0.2, 0.25) is 0 Å². The van der Waals surface area contributed by atoms with Gasteiger partial charge in [0, 0.05) is 0 Å². The molecule has 29 heavy (non-hydrogen) atoms. The standard InChI is InChI=1S/C22H21NO5S/c1-17-7-6-8-20(15-17)28-16-22(24)23(18-11-13-19(27-2)14-12-18)29(25,26)21-9-4-3-5-10-21/h3-15H,16H2,1-2H3. The van der Waals surface area contributed by atoms with Crippen molar-refractivity contribution in [1.82, 2.24) is 0 Å². The van der Waals surface area contributed by atoms with Crippen LogP contribution in [0, 0.1) is 6.92 Å². The van der Waals surface area contributed by atoms with Crippen LogP contribution >= 0.6 is 0 Å². The number of benzene rings is 3. The first kappa shape index (κ1) is 20.4. The number of methoxy groups -OCH3 is 1. The van der Waals surface area contributed by atoms with Crippen LogP contribution in [0.4, 0.5) is 5.69 Å². The smallest absolute Gasteiger partial charge is 0.278 e. The van der Waals surface area contributed by atoms with Crippen LogP contribution in [0.25, 0.3) is 0 Å². The van der Waals surface area contributed by atoms with Crippen molar-refractivity contribution in [2.24, 2.45) is 0 Å². The zero-order valence-corrected chi connectivity index (χ0v) is 16.9. The molecule has 1 amide bonds. The van der Waals surface area contributed by atoms with Gasteiger partial charge in [-0.1, -0.05) is 30.3 Å². The molecule has 0 radical (unpaired) electrons. The van der Waals surface area contributed by atoms with Gasteiger partial charge < -0.3 is 9.47 Å². The summed E-state index contributed by atoms with van der Waals surface area (Å²) in [5, 5.41) is 0. The van der Waals surface area contributed by atoms with Gasteiger partial charge in [-0.05, 0) is 61.0 Å². The molecule has 0 unspecified atom stereocenters. The number of carbonyl (C=O) groups excluding carboxylic acids is 1. The summed E-state index contributed by atoms with van der Waals surface area (Å²) in [6.45, 7) is 1.47. The van der Waals surface area contributed by atoms with Gasteiger partial charge in [-0.2, -0.15) is 4.31 Å². The summed E-state index contributed by atoms with van der Waals surface area (Å²) in [5.41, 5.74) is 1.17. The van der Waals surface area contributed by atoms with E-state index in [9.17, 15) is 13.2 Å². The summed E-state index contributed by atoms with van der Waals surface area (Å²) < 4.78 is 37.9. The highest BCUT2D eigenvalue weighted by atomic mass is 32.2. The van der Waals surface area contributed by atoms with Gasteiger partial charge in [0.1, 0.15) is 11.5 Å². The number of amides is 1. The molecule has 0 bridgehead atoms. The van der Waals surface area contributed by atoms with Gasteiger partial charge in [0.15, 0.2) is 6.61 Å². The number of anilines is 1. The molecule has 0 saturated heterocycles. The van der Waals surface area contributed by atoms with E-state index in [1.54, 1.807) is 48.5 Å². The zero-order valence-electron chi connectivity index (χ0n) is 16.1. The van der Waals surface area contributed by atoms with Crippen LogP contribution in [0.1, 0.15) is 5.56 Å². The Morgan fingerprint density at radius 2 is 1.59 bits per heavy atom. The maximum Gasteiger partial charge on any atom is 0.278 e. The van der Waals surface area contributed by atoms with Crippen LogP contribution in [0.5, 0.6) is 11.5 Å². The Hall–Kier alpha value is -3.32. The molecule has 3 aromatic rings. The summed E-state index contributed by atoms with van der Waals surface area (Å²) in [7, 11) is -2.61. The predicted molar refractivity (Wildman–Crippen MR) is 111 cm³/mol. The first-order valence-corrected chi connectivity index (χ1v) is 10.3. The lowest BCUT2D eigenvalue weighted by molar-refractivity contribution is -0.119. The Balaban J connectivity index is 1.94. The molecule has 0 N–H and O–H groups in total. The molecule has 0 heterocycles. The monoisotopic (exact) mass is 411 g/mol. The SMILES string of the molecule is COc1ccc(N(C(=O)COc2cccc(C)c2)S(=O)(=O)c2ccccc2)cc1. The van der Waals surface area contributed by atoms with Crippen molar-refractivity contribution < 1.29 is 22.7 Å². The molecule has 0 aliphatic heterocycles. The number of ether oxygens (including phenoxy) is 2. The van der Waals surface area contributed by atoms with Crippen LogP contribution in [0.3, 0.4) is 0 Å². The van der Waals surface area contributed by atoms with Crippen LogP contribution < -0.4 is 13.8 Å². The van der Waals surface area contributed by atoms with E-state index < -0.39 is 22.5 Å². The number of rotatable bonds is 7. The summed E-state index contributed by atoms with van der Waals surface area (Å²) in [5.74, 6) is 0.333. The van der Waals surface area contributed by atoms with Gasteiger partial charge in [-0.3, -0.25) is 4.79 Å². The summed E-state index contributed by atoms with van der Waals surface area (Å²) in [6, 6.07) is 21.2. The second-order valence-corrected chi connectivity index (χ2v) is 8.07. The summed E-state index contributed by atoms with van der Waals surface area (Å²) >= 11 is 0. The first-order chi connectivity index (χ1) is 13.9. The Labute approximate surface area is 170 Å². The Morgan fingerprint density at radius 3 is 2.21 bits per heavy atom. The molecule has 0 atom stereocenters. The van der Waals surface area contributed by atoms with E-state index in [0.717, 1.165) is 9.87 Å². The van der Waals surface area contributed by atoms with Crippen molar-refractivity contribution in [1.29, 1.82) is 0 Å². The maximum absolute atomic E-state index is 13.2. The number of carbonyl (C=O) groups is 1. The minimum Gasteiger partial charge on any atom is -0.497 e.